The molecule has 0 saturated carbocycles. The molecule has 142 valence electrons. The summed E-state index contributed by atoms with van der Waals surface area (Å²) in [6.07, 6.45) is -0.319. The molecule has 0 saturated heterocycles. The third-order valence-corrected chi connectivity index (χ3v) is 5.28. The highest BCUT2D eigenvalue weighted by molar-refractivity contribution is 7.99. The second-order valence-electron chi connectivity index (χ2n) is 5.38. The summed E-state index contributed by atoms with van der Waals surface area (Å²) in [6.45, 7) is 4.55. The van der Waals surface area contributed by atoms with Gasteiger partial charge in [0.25, 0.3) is 0 Å². The van der Waals surface area contributed by atoms with Gasteiger partial charge in [-0.05, 0) is 32.0 Å². The Bertz CT molecular complexity index is 902. The summed E-state index contributed by atoms with van der Waals surface area (Å²) in [4.78, 5) is 12.0. The SMILES string of the molecule is CCn1c(SCC(=O)Nc2nncs2)nnc1C(C)Oc1cccc(Cl)c1. The van der Waals surface area contributed by atoms with Crippen molar-refractivity contribution in [1.29, 1.82) is 0 Å². The topological polar surface area (TPSA) is 94.8 Å². The number of aromatic nitrogens is 5. The Morgan fingerprint density at radius 1 is 1.41 bits per heavy atom. The van der Waals surface area contributed by atoms with Crippen LogP contribution in [0.25, 0.3) is 0 Å². The first-order valence-corrected chi connectivity index (χ1v) is 10.3. The molecule has 1 N–H and O–H groups in total. The van der Waals surface area contributed by atoms with E-state index in [9.17, 15) is 4.79 Å². The van der Waals surface area contributed by atoms with Gasteiger partial charge < -0.3 is 9.30 Å². The van der Waals surface area contributed by atoms with E-state index in [0.29, 0.717) is 33.4 Å². The number of rotatable bonds is 8. The summed E-state index contributed by atoms with van der Waals surface area (Å²) in [5, 5.41) is 20.3. The quantitative estimate of drug-likeness (QED) is 0.551. The predicted molar refractivity (Wildman–Crippen MR) is 105 cm³/mol. The lowest BCUT2D eigenvalue weighted by Gasteiger charge is -2.15. The second kappa shape index (κ2) is 9.16. The van der Waals surface area contributed by atoms with Gasteiger partial charge in [0.05, 0.1) is 5.75 Å². The molecule has 8 nitrogen and oxygen atoms in total. The minimum Gasteiger partial charge on any atom is -0.483 e. The Balaban J connectivity index is 1.64. The van der Waals surface area contributed by atoms with Crippen molar-refractivity contribution in [1.82, 2.24) is 25.0 Å². The molecule has 11 heteroatoms. The lowest BCUT2D eigenvalue weighted by molar-refractivity contribution is -0.113. The molecule has 1 atom stereocenters. The molecule has 0 spiro atoms. The van der Waals surface area contributed by atoms with Gasteiger partial charge in [0, 0.05) is 11.6 Å². The summed E-state index contributed by atoms with van der Waals surface area (Å²) in [5.74, 6) is 1.37. The average Bonchev–Trinajstić information content (AvgIpc) is 3.29. The van der Waals surface area contributed by atoms with Crippen molar-refractivity contribution in [2.75, 3.05) is 11.1 Å². The number of carbonyl (C=O) groups is 1. The molecule has 0 aliphatic carbocycles. The first kappa shape index (κ1) is 19.6. The molecule has 0 fully saturated rings. The lowest BCUT2D eigenvalue weighted by Crippen LogP contribution is -2.15. The zero-order valence-corrected chi connectivity index (χ0v) is 17.0. The van der Waals surface area contributed by atoms with Gasteiger partial charge in [-0.1, -0.05) is 40.8 Å². The smallest absolute Gasteiger partial charge is 0.236 e. The fourth-order valence-corrected chi connectivity index (χ4v) is 3.77. The number of hydrogen-bond donors (Lipinski definition) is 1. The Hall–Kier alpha value is -2.17. The molecule has 0 radical (unpaired) electrons. The molecule has 2 heterocycles. The lowest BCUT2D eigenvalue weighted by atomic mass is 10.3. The summed E-state index contributed by atoms with van der Waals surface area (Å²) in [7, 11) is 0. The van der Waals surface area contributed by atoms with E-state index in [1.165, 1.54) is 23.1 Å². The maximum Gasteiger partial charge on any atom is 0.236 e. The van der Waals surface area contributed by atoms with Crippen molar-refractivity contribution in [2.24, 2.45) is 0 Å². The molecule has 1 aromatic carbocycles. The fourth-order valence-electron chi connectivity index (χ4n) is 2.31. The van der Waals surface area contributed by atoms with Gasteiger partial charge in [-0.15, -0.1) is 20.4 Å². The van der Waals surface area contributed by atoms with Crippen LogP contribution in [0.3, 0.4) is 0 Å². The summed E-state index contributed by atoms with van der Waals surface area (Å²) in [5.41, 5.74) is 1.56. The van der Waals surface area contributed by atoms with E-state index in [4.69, 9.17) is 16.3 Å². The fraction of sp³-hybridized carbons (Fsp3) is 0.312. The molecule has 1 unspecified atom stereocenters. The number of amides is 1. The van der Waals surface area contributed by atoms with Gasteiger partial charge in [0.2, 0.25) is 11.0 Å². The van der Waals surface area contributed by atoms with E-state index in [1.54, 1.807) is 17.6 Å². The summed E-state index contributed by atoms with van der Waals surface area (Å²) >= 11 is 8.57. The largest absolute Gasteiger partial charge is 0.483 e. The van der Waals surface area contributed by atoms with E-state index in [0.717, 1.165) is 0 Å². The summed E-state index contributed by atoms with van der Waals surface area (Å²) in [6, 6.07) is 7.20. The number of nitrogens with one attached hydrogen (secondary N) is 1. The van der Waals surface area contributed by atoms with E-state index < -0.39 is 0 Å². The third-order valence-electron chi connectivity index (χ3n) is 3.47. The van der Waals surface area contributed by atoms with Gasteiger partial charge in [-0.2, -0.15) is 0 Å². The van der Waals surface area contributed by atoms with Crippen LogP contribution < -0.4 is 10.1 Å². The van der Waals surface area contributed by atoms with Crippen LogP contribution in [-0.4, -0.2) is 36.6 Å². The molecule has 3 rings (SSSR count). The molecule has 0 aliphatic rings. The predicted octanol–water partition coefficient (Wildman–Crippen LogP) is 3.67. The molecule has 0 bridgehead atoms. The zero-order valence-electron chi connectivity index (χ0n) is 14.6. The average molecular weight is 425 g/mol. The van der Waals surface area contributed by atoms with E-state index in [2.05, 4.69) is 25.7 Å². The van der Waals surface area contributed by atoms with Crippen molar-refractivity contribution < 1.29 is 9.53 Å². The Kier molecular flexibility index (Phi) is 6.64. The van der Waals surface area contributed by atoms with Crippen LogP contribution in [0.5, 0.6) is 5.75 Å². The van der Waals surface area contributed by atoms with Crippen LogP contribution in [0, 0.1) is 0 Å². The Morgan fingerprint density at radius 3 is 2.96 bits per heavy atom. The van der Waals surface area contributed by atoms with Crippen LogP contribution in [0.2, 0.25) is 5.02 Å². The molecular formula is C16H17ClN6O2S2. The highest BCUT2D eigenvalue weighted by atomic mass is 35.5. The molecule has 27 heavy (non-hydrogen) atoms. The maximum absolute atomic E-state index is 12.0. The first-order valence-electron chi connectivity index (χ1n) is 8.11. The van der Waals surface area contributed by atoms with E-state index in [-0.39, 0.29) is 17.8 Å². The Labute approximate surface area is 169 Å². The van der Waals surface area contributed by atoms with Gasteiger partial charge in [0.15, 0.2) is 17.1 Å². The number of benzene rings is 1. The normalized spacial score (nSPS) is 12.0. The van der Waals surface area contributed by atoms with Crippen molar-refractivity contribution in [2.45, 2.75) is 31.7 Å². The second-order valence-corrected chi connectivity index (χ2v) is 7.60. The monoisotopic (exact) mass is 424 g/mol. The molecule has 3 aromatic rings. The number of ether oxygens (including phenoxy) is 1. The number of halogens is 1. The van der Waals surface area contributed by atoms with Gasteiger partial charge in [-0.3, -0.25) is 10.1 Å². The van der Waals surface area contributed by atoms with Crippen LogP contribution >= 0.6 is 34.7 Å². The highest BCUT2D eigenvalue weighted by Crippen LogP contribution is 2.26. The van der Waals surface area contributed by atoms with Gasteiger partial charge in [0.1, 0.15) is 11.3 Å². The number of carbonyl (C=O) groups excluding carboxylic acids is 1. The summed E-state index contributed by atoms with van der Waals surface area (Å²) < 4.78 is 7.85. The Morgan fingerprint density at radius 2 is 2.26 bits per heavy atom. The van der Waals surface area contributed by atoms with Crippen LogP contribution in [0.4, 0.5) is 5.13 Å². The van der Waals surface area contributed by atoms with Crippen molar-refractivity contribution in [3.05, 3.63) is 40.6 Å². The first-order chi connectivity index (χ1) is 13.1. The van der Waals surface area contributed by atoms with Crippen LogP contribution in [0.1, 0.15) is 25.8 Å². The van der Waals surface area contributed by atoms with Gasteiger partial charge >= 0.3 is 0 Å². The maximum atomic E-state index is 12.0. The van der Waals surface area contributed by atoms with Crippen molar-refractivity contribution in [3.8, 4) is 5.75 Å². The molecule has 0 aliphatic heterocycles. The van der Waals surface area contributed by atoms with Crippen LogP contribution in [0.15, 0.2) is 34.9 Å². The standard InChI is InChI=1S/C16H17ClN6O2S2/c1-3-23-14(10(2)25-12-6-4-5-11(17)7-12)20-22-16(23)26-8-13(24)19-15-21-18-9-27-15/h4-7,9-10H,3,8H2,1-2H3,(H,19,21,24). The molecule has 1 amide bonds. The molecular weight excluding hydrogens is 408 g/mol. The number of hydrogen-bond acceptors (Lipinski definition) is 8. The number of nitrogens with zero attached hydrogens (tertiary/aromatic N) is 5. The van der Waals surface area contributed by atoms with E-state index >= 15 is 0 Å². The van der Waals surface area contributed by atoms with E-state index in [1.807, 2.05) is 30.5 Å². The van der Waals surface area contributed by atoms with Gasteiger partial charge in [-0.25, -0.2) is 0 Å². The minimum absolute atomic E-state index is 0.174. The third kappa shape index (κ3) is 5.18. The minimum atomic E-state index is -0.319. The zero-order chi connectivity index (χ0) is 19.2. The molecule has 2 aromatic heterocycles. The van der Waals surface area contributed by atoms with Crippen molar-refractivity contribution in [3.63, 3.8) is 0 Å². The number of thioether (sulfide) groups is 1. The van der Waals surface area contributed by atoms with Crippen molar-refractivity contribution >= 4 is 45.7 Å². The van der Waals surface area contributed by atoms with Crippen LogP contribution in [-0.2, 0) is 11.3 Å². The number of anilines is 1. The highest BCUT2D eigenvalue weighted by Gasteiger charge is 2.19.